The first-order chi connectivity index (χ1) is 17.5. The van der Waals surface area contributed by atoms with Crippen LogP contribution in [-0.4, -0.2) is 87.1 Å². The number of urea groups is 1. The minimum Gasteiger partial charge on any atom is -0.340 e. The first-order valence-electron chi connectivity index (χ1n) is 12.2. The number of carbonyl (C=O) groups excluding carboxylic acids is 2. The zero-order valence-corrected chi connectivity index (χ0v) is 21.1. The molecule has 1 saturated heterocycles. The van der Waals surface area contributed by atoms with Crippen molar-refractivity contribution in [3.8, 4) is 0 Å². The summed E-state index contributed by atoms with van der Waals surface area (Å²) in [7, 11) is 3.52. The predicted octanol–water partition coefficient (Wildman–Crippen LogP) is 3.24. The highest BCUT2D eigenvalue weighted by Gasteiger charge is 2.33. The number of aromatic nitrogens is 4. The fraction of sp³-hybridized carbons (Fsp3) is 0.400. The smallest absolute Gasteiger partial charge is 0.319 e. The molecule has 186 valence electrons. The molecule has 36 heavy (non-hydrogen) atoms. The third kappa shape index (κ3) is 4.02. The lowest BCUT2D eigenvalue weighted by molar-refractivity contribution is -0.137. The van der Waals surface area contributed by atoms with Gasteiger partial charge in [-0.25, -0.2) is 14.8 Å². The second-order valence-corrected chi connectivity index (χ2v) is 10.7. The number of nitrogens with zero attached hydrogens (tertiary/aromatic N) is 6. The third-order valence-corrected chi connectivity index (χ3v) is 8.30. The fourth-order valence-electron chi connectivity index (χ4n) is 5.23. The molecule has 11 heteroatoms. The number of rotatable bonds is 3. The maximum atomic E-state index is 13.4. The number of aryl methyl sites for hydroxylation is 1. The van der Waals surface area contributed by atoms with E-state index in [-0.39, 0.29) is 17.9 Å². The molecule has 1 atom stereocenters. The second kappa shape index (κ2) is 9.05. The largest absolute Gasteiger partial charge is 0.340 e. The van der Waals surface area contributed by atoms with Crippen LogP contribution in [0.2, 0.25) is 0 Å². The molecule has 6 rings (SSSR count). The molecule has 3 amide bonds. The maximum Gasteiger partial charge on any atom is 0.319 e. The molecule has 0 radical (unpaired) electrons. The average Bonchev–Trinajstić information content (AvgIpc) is 3.52. The number of nitrogens with one attached hydrogen (secondary N) is 2. The van der Waals surface area contributed by atoms with Crippen LogP contribution in [0.15, 0.2) is 30.7 Å². The monoisotopic (exact) mass is 504 g/mol. The highest BCUT2D eigenvalue weighted by atomic mass is 32.1. The van der Waals surface area contributed by atoms with Gasteiger partial charge in [-0.3, -0.25) is 9.89 Å². The summed E-state index contributed by atoms with van der Waals surface area (Å²) in [5.74, 6) is 0.967. The van der Waals surface area contributed by atoms with Crippen LogP contribution in [0.3, 0.4) is 0 Å². The SMILES string of the molecule is CN(C)C(=O)N1CCN(C(=O)[C@H]2CCc3c(sc4ncnc(Nc5ccc6[nH]ncc6c5)c34)C2)CC1. The van der Waals surface area contributed by atoms with Gasteiger partial charge in [0.1, 0.15) is 17.0 Å². The zero-order valence-electron chi connectivity index (χ0n) is 20.3. The molecule has 4 heterocycles. The van der Waals surface area contributed by atoms with Crippen LogP contribution in [0.5, 0.6) is 0 Å². The molecule has 0 saturated carbocycles. The molecule has 0 spiro atoms. The van der Waals surface area contributed by atoms with Crippen LogP contribution >= 0.6 is 11.3 Å². The number of piperazine rings is 1. The van der Waals surface area contributed by atoms with E-state index in [4.69, 9.17) is 0 Å². The molecule has 3 aromatic heterocycles. The van der Waals surface area contributed by atoms with Crippen LogP contribution in [-0.2, 0) is 17.6 Å². The summed E-state index contributed by atoms with van der Waals surface area (Å²) in [4.78, 5) is 42.2. The van der Waals surface area contributed by atoms with E-state index in [1.807, 2.05) is 28.0 Å². The van der Waals surface area contributed by atoms with Crippen molar-refractivity contribution in [2.24, 2.45) is 5.92 Å². The molecule has 1 fully saturated rings. The first-order valence-corrected chi connectivity index (χ1v) is 13.0. The number of hydrogen-bond acceptors (Lipinski definition) is 7. The highest BCUT2D eigenvalue weighted by molar-refractivity contribution is 7.19. The van der Waals surface area contributed by atoms with E-state index < -0.39 is 0 Å². The molecule has 1 aliphatic carbocycles. The predicted molar refractivity (Wildman–Crippen MR) is 140 cm³/mol. The Morgan fingerprint density at radius 3 is 2.75 bits per heavy atom. The van der Waals surface area contributed by atoms with Gasteiger partial charge in [-0.1, -0.05) is 0 Å². The van der Waals surface area contributed by atoms with Crippen LogP contribution < -0.4 is 5.32 Å². The van der Waals surface area contributed by atoms with E-state index in [0.29, 0.717) is 26.2 Å². The fourth-order valence-corrected chi connectivity index (χ4v) is 6.50. The van der Waals surface area contributed by atoms with Crippen molar-refractivity contribution in [3.05, 3.63) is 41.2 Å². The minimum atomic E-state index is -0.0328. The van der Waals surface area contributed by atoms with Gasteiger partial charge in [0.05, 0.1) is 17.1 Å². The van der Waals surface area contributed by atoms with Gasteiger partial charge in [-0.15, -0.1) is 11.3 Å². The van der Waals surface area contributed by atoms with Crippen molar-refractivity contribution in [1.82, 2.24) is 34.9 Å². The Morgan fingerprint density at radius 2 is 1.94 bits per heavy atom. The molecule has 1 aliphatic heterocycles. The lowest BCUT2D eigenvalue weighted by Gasteiger charge is -2.38. The van der Waals surface area contributed by atoms with Gasteiger partial charge in [-0.05, 0) is 43.0 Å². The van der Waals surface area contributed by atoms with Gasteiger partial charge in [0, 0.05) is 62.1 Å². The van der Waals surface area contributed by atoms with Gasteiger partial charge in [0.15, 0.2) is 0 Å². The zero-order chi connectivity index (χ0) is 24.8. The standard InChI is InChI=1S/C25H28N8O2S/c1-31(2)25(35)33-9-7-32(8-10-33)24(34)15-3-5-18-20(12-15)36-23-21(18)22(26-14-27-23)29-17-4-6-19-16(11-17)13-28-30-19/h4,6,11,13-15H,3,5,7-10,12H2,1-2H3,(H,28,30)(H,26,27,29)/t15-/m0/s1. The number of amides is 3. The number of hydrogen-bond donors (Lipinski definition) is 2. The van der Waals surface area contributed by atoms with Gasteiger partial charge in [0.2, 0.25) is 5.91 Å². The Labute approximate surface area is 212 Å². The summed E-state index contributed by atoms with van der Waals surface area (Å²) >= 11 is 1.67. The molecular weight excluding hydrogens is 476 g/mol. The number of thiophene rings is 1. The van der Waals surface area contributed by atoms with Crippen LogP contribution in [0.4, 0.5) is 16.3 Å². The molecule has 4 aromatic rings. The van der Waals surface area contributed by atoms with Crippen molar-refractivity contribution in [3.63, 3.8) is 0 Å². The van der Waals surface area contributed by atoms with Crippen molar-refractivity contribution in [1.29, 1.82) is 0 Å². The lowest BCUT2D eigenvalue weighted by atomic mass is 9.86. The molecule has 0 unspecified atom stereocenters. The van der Waals surface area contributed by atoms with E-state index in [0.717, 1.165) is 51.9 Å². The van der Waals surface area contributed by atoms with E-state index in [9.17, 15) is 9.59 Å². The van der Waals surface area contributed by atoms with Gasteiger partial charge in [0.25, 0.3) is 0 Å². The normalized spacial score (nSPS) is 17.9. The maximum absolute atomic E-state index is 13.4. The van der Waals surface area contributed by atoms with E-state index in [1.165, 1.54) is 10.4 Å². The van der Waals surface area contributed by atoms with E-state index >= 15 is 0 Å². The quantitative estimate of drug-likeness (QED) is 0.443. The average molecular weight is 505 g/mol. The van der Waals surface area contributed by atoms with E-state index in [1.54, 1.807) is 42.9 Å². The van der Waals surface area contributed by atoms with E-state index in [2.05, 4.69) is 25.5 Å². The van der Waals surface area contributed by atoms with Crippen LogP contribution in [0, 0.1) is 5.92 Å². The highest BCUT2D eigenvalue weighted by Crippen LogP contribution is 2.41. The molecule has 2 aliphatic rings. The summed E-state index contributed by atoms with van der Waals surface area (Å²) in [6.45, 7) is 2.35. The number of H-pyrrole nitrogens is 1. The molecule has 10 nitrogen and oxygen atoms in total. The number of fused-ring (bicyclic) bond motifs is 4. The van der Waals surface area contributed by atoms with Crippen molar-refractivity contribution < 1.29 is 9.59 Å². The third-order valence-electron chi connectivity index (χ3n) is 7.14. The Balaban J connectivity index is 1.19. The summed E-state index contributed by atoms with van der Waals surface area (Å²) in [5, 5.41) is 12.6. The Bertz CT molecular complexity index is 1450. The number of anilines is 2. The molecule has 1 aromatic carbocycles. The Hall–Kier alpha value is -3.73. The molecule has 0 bridgehead atoms. The topological polar surface area (TPSA) is 110 Å². The first kappa shape index (κ1) is 22.7. The van der Waals surface area contributed by atoms with Gasteiger partial charge >= 0.3 is 6.03 Å². The molecular formula is C25H28N8O2S. The Kier molecular flexibility index (Phi) is 5.71. The summed E-state index contributed by atoms with van der Waals surface area (Å²) in [5.41, 5.74) is 3.19. The van der Waals surface area contributed by atoms with Crippen LogP contribution in [0.1, 0.15) is 16.9 Å². The summed E-state index contributed by atoms with van der Waals surface area (Å²) in [6, 6.07) is 6.06. The summed E-state index contributed by atoms with van der Waals surface area (Å²) in [6.07, 6.45) is 5.77. The van der Waals surface area contributed by atoms with Crippen molar-refractivity contribution >= 4 is 55.9 Å². The molecule has 2 N–H and O–H groups in total. The number of benzene rings is 1. The number of aromatic amines is 1. The Morgan fingerprint density at radius 1 is 1.14 bits per heavy atom. The van der Waals surface area contributed by atoms with Crippen molar-refractivity contribution in [2.75, 3.05) is 45.6 Å². The van der Waals surface area contributed by atoms with Crippen molar-refractivity contribution in [2.45, 2.75) is 19.3 Å². The second-order valence-electron chi connectivity index (χ2n) is 9.63. The van der Waals surface area contributed by atoms with Gasteiger partial charge < -0.3 is 20.0 Å². The lowest BCUT2D eigenvalue weighted by Crippen LogP contribution is -2.54. The van der Waals surface area contributed by atoms with Gasteiger partial charge in [-0.2, -0.15) is 5.10 Å². The number of carbonyl (C=O) groups is 2. The van der Waals surface area contributed by atoms with Crippen LogP contribution in [0.25, 0.3) is 21.1 Å². The minimum absolute atomic E-state index is 0.00453. The summed E-state index contributed by atoms with van der Waals surface area (Å²) < 4.78 is 0.